The van der Waals surface area contributed by atoms with E-state index in [1.165, 1.54) is 19.3 Å². The molecule has 0 atom stereocenters. The minimum absolute atomic E-state index is 0.252. The fraction of sp³-hybridized carbons (Fsp3) is 0.933. The van der Waals surface area contributed by atoms with Crippen molar-refractivity contribution in [1.29, 1.82) is 0 Å². The van der Waals surface area contributed by atoms with Crippen LogP contribution in [0.4, 0.5) is 0 Å². The lowest BCUT2D eigenvalue weighted by Gasteiger charge is -2.31. The molecule has 18 heavy (non-hydrogen) atoms. The number of carbonyl (C=O) groups excluding carboxylic acids is 1. The highest BCUT2D eigenvalue weighted by atomic mass is 16.5. The van der Waals surface area contributed by atoms with Gasteiger partial charge in [-0.2, -0.15) is 0 Å². The first-order valence-electron chi connectivity index (χ1n) is 7.74. The van der Waals surface area contributed by atoms with Crippen molar-refractivity contribution >= 4 is 5.91 Å². The molecule has 1 amide bonds. The molecule has 0 saturated carbocycles. The van der Waals surface area contributed by atoms with Crippen molar-refractivity contribution in [3.8, 4) is 0 Å². The summed E-state index contributed by atoms with van der Waals surface area (Å²) in [6.45, 7) is 11.5. The number of carbonyl (C=O) groups is 1. The predicted molar refractivity (Wildman–Crippen MR) is 76.7 cm³/mol. The molecule has 108 valence electrons. The molecule has 0 unspecified atom stereocenters. The topological polar surface area (TPSA) is 29.5 Å². The van der Waals surface area contributed by atoms with E-state index in [0.717, 1.165) is 39.1 Å². The van der Waals surface area contributed by atoms with Crippen molar-refractivity contribution in [3.63, 3.8) is 0 Å². The summed E-state index contributed by atoms with van der Waals surface area (Å²) in [6, 6.07) is 0. The highest BCUT2D eigenvalue weighted by molar-refractivity contribution is 5.79. The lowest BCUT2D eigenvalue weighted by molar-refractivity contribution is -0.139. The van der Waals surface area contributed by atoms with Gasteiger partial charge in [0.05, 0.1) is 0 Å². The largest absolute Gasteiger partial charge is 0.381 e. The van der Waals surface area contributed by atoms with E-state index in [-0.39, 0.29) is 5.92 Å². The van der Waals surface area contributed by atoms with Crippen molar-refractivity contribution in [1.82, 2.24) is 4.90 Å². The normalized spacial score (nSPS) is 20.1. The number of amides is 1. The molecule has 0 aromatic carbocycles. The van der Waals surface area contributed by atoms with Crippen LogP contribution in [0.15, 0.2) is 0 Å². The maximum absolute atomic E-state index is 12.0. The number of hydrogen-bond acceptors (Lipinski definition) is 2. The average Bonchev–Trinajstić information content (AvgIpc) is 2.52. The summed E-state index contributed by atoms with van der Waals surface area (Å²) in [7, 11) is 0. The van der Waals surface area contributed by atoms with E-state index in [0.29, 0.717) is 5.91 Å². The molecule has 3 nitrogen and oxygen atoms in total. The lowest BCUT2D eigenvalue weighted by Crippen LogP contribution is -2.41. The molecule has 0 aromatic heterocycles. The number of piperidine rings is 1. The lowest BCUT2D eigenvalue weighted by atomic mass is 9.97. The van der Waals surface area contributed by atoms with Gasteiger partial charge in [0, 0.05) is 32.2 Å². The smallest absolute Gasteiger partial charge is 0.225 e. The average molecular weight is 257 g/mol. The molecule has 2 fully saturated rings. The first-order valence-corrected chi connectivity index (χ1v) is 7.74. The molecule has 0 bridgehead atoms. The van der Waals surface area contributed by atoms with E-state index in [1.807, 2.05) is 27.7 Å². The van der Waals surface area contributed by atoms with Gasteiger partial charge >= 0.3 is 0 Å². The van der Waals surface area contributed by atoms with Gasteiger partial charge in [-0.3, -0.25) is 4.79 Å². The van der Waals surface area contributed by atoms with Crippen molar-refractivity contribution in [3.05, 3.63) is 0 Å². The SMILES string of the molecule is CC.CC.O=C(C1CCOCC1)N1CCCCC1. The van der Waals surface area contributed by atoms with Gasteiger partial charge in [-0.05, 0) is 32.1 Å². The number of likely N-dealkylation sites (tertiary alicyclic amines) is 1. The molecule has 0 N–H and O–H groups in total. The fourth-order valence-corrected chi connectivity index (χ4v) is 2.32. The van der Waals surface area contributed by atoms with Gasteiger partial charge in [0.15, 0.2) is 0 Å². The summed E-state index contributed by atoms with van der Waals surface area (Å²) in [4.78, 5) is 14.1. The zero-order valence-corrected chi connectivity index (χ0v) is 12.7. The molecule has 2 saturated heterocycles. The van der Waals surface area contributed by atoms with Crippen molar-refractivity contribution in [2.75, 3.05) is 26.3 Å². The maximum Gasteiger partial charge on any atom is 0.225 e. The summed E-state index contributed by atoms with van der Waals surface area (Å²) in [5.74, 6) is 0.634. The molecule has 2 aliphatic heterocycles. The summed E-state index contributed by atoms with van der Waals surface area (Å²) in [5.41, 5.74) is 0. The third-order valence-electron chi connectivity index (χ3n) is 3.24. The second-order valence-corrected chi connectivity index (χ2v) is 4.27. The van der Waals surface area contributed by atoms with E-state index in [2.05, 4.69) is 4.90 Å². The summed E-state index contributed by atoms with van der Waals surface area (Å²) >= 11 is 0. The van der Waals surface area contributed by atoms with Crippen LogP contribution in [0, 0.1) is 5.92 Å². The molecule has 2 heterocycles. The maximum atomic E-state index is 12.0. The molecule has 3 heteroatoms. The first kappa shape index (κ1) is 17.4. The van der Waals surface area contributed by atoms with E-state index in [4.69, 9.17) is 4.74 Å². The molecule has 2 rings (SSSR count). The minimum Gasteiger partial charge on any atom is -0.381 e. The van der Waals surface area contributed by atoms with Crippen LogP contribution < -0.4 is 0 Å². The number of nitrogens with zero attached hydrogens (tertiary/aromatic N) is 1. The first-order chi connectivity index (χ1) is 8.88. The molecule has 0 aliphatic carbocycles. The van der Waals surface area contributed by atoms with E-state index >= 15 is 0 Å². The van der Waals surface area contributed by atoms with E-state index in [9.17, 15) is 4.79 Å². The molecular weight excluding hydrogens is 226 g/mol. The zero-order valence-electron chi connectivity index (χ0n) is 12.7. The van der Waals surface area contributed by atoms with Gasteiger partial charge in [0.25, 0.3) is 0 Å². The van der Waals surface area contributed by atoms with Crippen LogP contribution in [-0.2, 0) is 9.53 Å². The third-order valence-corrected chi connectivity index (χ3v) is 3.24. The van der Waals surface area contributed by atoms with Crippen LogP contribution in [0.2, 0.25) is 0 Å². The standard InChI is InChI=1S/C11H19NO2.2C2H6/c13-11(10-4-8-14-9-5-10)12-6-2-1-3-7-12;2*1-2/h10H,1-9H2;2*1-2H3. The van der Waals surface area contributed by atoms with Crippen molar-refractivity contribution in [2.24, 2.45) is 5.92 Å². The highest BCUT2D eigenvalue weighted by Gasteiger charge is 2.26. The van der Waals surface area contributed by atoms with Crippen molar-refractivity contribution in [2.45, 2.75) is 59.8 Å². The zero-order chi connectivity index (χ0) is 13.8. The molecule has 0 spiro atoms. The van der Waals surface area contributed by atoms with Crippen LogP contribution >= 0.6 is 0 Å². The third kappa shape index (κ3) is 5.85. The van der Waals surface area contributed by atoms with Crippen LogP contribution in [-0.4, -0.2) is 37.1 Å². The summed E-state index contributed by atoms with van der Waals surface area (Å²) in [6.07, 6.45) is 5.52. The Labute approximate surface area is 113 Å². The Balaban J connectivity index is 0.000000659. The van der Waals surface area contributed by atoms with Gasteiger partial charge in [-0.15, -0.1) is 0 Å². The Hall–Kier alpha value is -0.570. The number of ether oxygens (including phenoxy) is 1. The quantitative estimate of drug-likeness (QED) is 0.720. The molecule has 2 aliphatic rings. The van der Waals surface area contributed by atoms with Crippen LogP contribution in [0.25, 0.3) is 0 Å². The van der Waals surface area contributed by atoms with Gasteiger partial charge in [0.1, 0.15) is 0 Å². The Morgan fingerprint density at radius 1 is 0.944 bits per heavy atom. The highest BCUT2D eigenvalue weighted by Crippen LogP contribution is 2.20. The van der Waals surface area contributed by atoms with Crippen LogP contribution in [0.5, 0.6) is 0 Å². The van der Waals surface area contributed by atoms with Gasteiger partial charge < -0.3 is 9.64 Å². The predicted octanol–water partition coefficient (Wildman–Crippen LogP) is 3.48. The van der Waals surface area contributed by atoms with E-state index < -0.39 is 0 Å². The number of rotatable bonds is 1. The van der Waals surface area contributed by atoms with Gasteiger partial charge in [-0.1, -0.05) is 27.7 Å². The molecule has 0 radical (unpaired) electrons. The molecular formula is C15H31NO2. The second kappa shape index (κ2) is 11.5. The minimum atomic E-state index is 0.252. The molecule has 0 aromatic rings. The Kier molecular flexibility index (Phi) is 11.2. The van der Waals surface area contributed by atoms with Crippen LogP contribution in [0.3, 0.4) is 0 Å². The summed E-state index contributed by atoms with van der Waals surface area (Å²) < 4.78 is 5.27. The second-order valence-electron chi connectivity index (χ2n) is 4.27. The van der Waals surface area contributed by atoms with Gasteiger partial charge in [0.2, 0.25) is 5.91 Å². The fourth-order valence-electron chi connectivity index (χ4n) is 2.32. The van der Waals surface area contributed by atoms with Crippen molar-refractivity contribution < 1.29 is 9.53 Å². The number of hydrogen-bond donors (Lipinski definition) is 0. The van der Waals surface area contributed by atoms with Gasteiger partial charge in [-0.25, -0.2) is 0 Å². The monoisotopic (exact) mass is 257 g/mol. The van der Waals surface area contributed by atoms with E-state index in [1.54, 1.807) is 0 Å². The summed E-state index contributed by atoms with van der Waals surface area (Å²) in [5, 5.41) is 0. The van der Waals surface area contributed by atoms with Crippen LogP contribution in [0.1, 0.15) is 59.8 Å². The Morgan fingerprint density at radius 3 is 1.94 bits per heavy atom. The Morgan fingerprint density at radius 2 is 1.44 bits per heavy atom. The Bertz CT molecular complexity index is 175.